The van der Waals surface area contributed by atoms with Crippen LogP contribution in [-0.4, -0.2) is 29.5 Å². The van der Waals surface area contributed by atoms with Crippen molar-refractivity contribution in [3.63, 3.8) is 0 Å². The Labute approximate surface area is 82.0 Å². The van der Waals surface area contributed by atoms with Gasteiger partial charge in [0.1, 0.15) is 0 Å². The van der Waals surface area contributed by atoms with Crippen LogP contribution in [0.2, 0.25) is 0 Å². The van der Waals surface area contributed by atoms with Gasteiger partial charge < -0.3 is 15.5 Å². The Hall–Kier alpha value is -0.420. The van der Waals surface area contributed by atoms with Crippen LogP contribution in [0.4, 0.5) is 0 Å². The summed E-state index contributed by atoms with van der Waals surface area (Å²) in [5.74, 6) is 0. The summed E-state index contributed by atoms with van der Waals surface area (Å²) in [6.07, 6.45) is -0.653. The molecule has 0 aliphatic rings. The first-order valence-electron chi connectivity index (χ1n) is 4.26. The van der Waals surface area contributed by atoms with E-state index in [0.29, 0.717) is 6.54 Å². The summed E-state index contributed by atoms with van der Waals surface area (Å²) in [7, 11) is 0. The summed E-state index contributed by atoms with van der Waals surface area (Å²) in [6.45, 7) is 3.08. The maximum atomic E-state index is 9.05. The number of aliphatic hydroxyl groups excluding tert-OH is 2. The molecular weight excluding hydrogens is 186 g/mol. The molecule has 0 fully saturated rings. The van der Waals surface area contributed by atoms with Crippen molar-refractivity contribution >= 4 is 11.3 Å². The molecule has 0 radical (unpaired) electrons. The molecule has 0 saturated heterocycles. The Kier molecular flexibility index (Phi) is 4.38. The fourth-order valence-electron chi connectivity index (χ4n) is 1.00. The van der Waals surface area contributed by atoms with Gasteiger partial charge >= 0.3 is 0 Å². The molecule has 3 nitrogen and oxygen atoms in total. The van der Waals surface area contributed by atoms with Crippen molar-refractivity contribution in [3.05, 3.63) is 21.9 Å². The summed E-state index contributed by atoms with van der Waals surface area (Å²) >= 11 is 1.70. The van der Waals surface area contributed by atoms with Gasteiger partial charge in [0.15, 0.2) is 0 Å². The first kappa shape index (κ1) is 10.7. The van der Waals surface area contributed by atoms with Crippen LogP contribution < -0.4 is 5.32 Å². The Morgan fingerprint density at radius 1 is 1.62 bits per heavy atom. The predicted octanol–water partition coefficient (Wildman–Crippen LogP) is 0.499. The van der Waals surface area contributed by atoms with E-state index in [2.05, 4.69) is 23.7 Å². The molecular formula is C9H15NO2S. The van der Waals surface area contributed by atoms with Gasteiger partial charge in [-0.2, -0.15) is 0 Å². The first-order chi connectivity index (χ1) is 6.24. The van der Waals surface area contributed by atoms with E-state index < -0.39 is 6.10 Å². The SMILES string of the molecule is Cc1ccsc1CNC[C@H](O)CO. The van der Waals surface area contributed by atoms with Gasteiger partial charge in [-0.25, -0.2) is 0 Å². The highest BCUT2D eigenvalue weighted by molar-refractivity contribution is 7.10. The second-order valence-corrected chi connectivity index (χ2v) is 3.99. The van der Waals surface area contributed by atoms with E-state index in [9.17, 15) is 0 Å². The summed E-state index contributed by atoms with van der Waals surface area (Å²) in [6, 6.07) is 2.07. The zero-order valence-electron chi connectivity index (χ0n) is 7.66. The lowest BCUT2D eigenvalue weighted by atomic mass is 10.3. The number of rotatable bonds is 5. The maximum absolute atomic E-state index is 9.05. The Balaban J connectivity index is 2.24. The van der Waals surface area contributed by atoms with Gasteiger partial charge in [-0.15, -0.1) is 11.3 Å². The van der Waals surface area contributed by atoms with Crippen molar-refractivity contribution in [2.75, 3.05) is 13.2 Å². The number of hydrogen-bond acceptors (Lipinski definition) is 4. The van der Waals surface area contributed by atoms with Crippen LogP contribution >= 0.6 is 11.3 Å². The first-order valence-corrected chi connectivity index (χ1v) is 5.14. The minimum atomic E-state index is -0.653. The molecule has 1 aromatic rings. The van der Waals surface area contributed by atoms with Crippen molar-refractivity contribution in [1.29, 1.82) is 0 Å². The van der Waals surface area contributed by atoms with E-state index in [1.165, 1.54) is 10.4 Å². The highest BCUT2D eigenvalue weighted by Gasteiger charge is 2.02. The van der Waals surface area contributed by atoms with E-state index in [-0.39, 0.29) is 6.61 Å². The molecule has 1 heterocycles. The molecule has 1 aromatic heterocycles. The molecule has 1 rings (SSSR count). The van der Waals surface area contributed by atoms with Crippen molar-refractivity contribution in [1.82, 2.24) is 5.32 Å². The minimum absolute atomic E-state index is 0.184. The minimum Gasteiger partial charge on any atom is -0.394 e. The monoisotopic (exact) mass is 201 g/mol. The molecule has 4 heteroatoms. The lowest BCUT2D eigenvalue weighted by Gasteiger charge is -2.07. The van der Waals surface area contributed by atoms with Gasteiger partial charge in [0, 0.05) is 18.0 Å². The second-order valence-electron chi connectivity index (χ2n) is 2.99. The van der Waals surface area contributed by atoms with E-state index >= 15 is 0 Å². The topological polar surface area (TPSA) is 52.5 Å². The molecule has 0 aliphatic carbocycles. The van der Waals surface area contributed by atoms with Crippen molar-refractivity contribution in [3.8, 4) is 0 Å². The standard InChI is InChI=1S/C9H15NO2S/c1-7-2-3-13-9(7)5-10-4-8(12)6-11/h2-3,8,10-12H,4-6H2,1H3/t8-/m0/s1. The fourth-order valence-corrected chi connectivity index (χ4v) is 1.88. The molecule has 1 atom stereocenters. The van der Waals surface area contributed by atoms with E-state index in [1.807, 2.05) is 0 Å². The van der Waals surface area contributed by atoms with Crippen molar-refractivity contribution in [2.24, 2.45) is 0 Å². The highest BCUT2D eigenvalue weighted by atomic mass is 32.1. The average Bonchev–Trinajstić information content (AvgIpc) is 2.52. The molecule has 0 bridgehead atoms. The van der Waals surface area contributed by atoms with Gasteiger partial charge in [-0.05, 0) is 23.9 Å². The zero-order valence-corrected chi connectivity index (χ0v) is 8.47. The van der Waals surface area contributed by atoms with E-state index in [0.717, 1.165) is 6.54 Å². The fraction of sp³-hybridized carbons (Fsp3) is 0.556. The molecule has 0 amide bonds. The van der Waals surface area contributed by atoms with E-state index in [1.54, 1.807) is 11.3 Å². The van der Waals surface area contributed by atoms with Gasteiger partial charge in [-0.3, -0.25) is 0 Å². The smallest absolute Gasteiger partial charge is 0.0895 e. The van der Waals surface area contributed by atoms with Gasteiger partial charge in [0.25, 0.3) is 0 Å². The second kappa shape index (κ2) is 5.34. The van der Waals surface area contributed by atoms with Crippen LogP contribution in [0.3, 0.4) is 0 Å². The third kappa shape index (κ3) is 3.44. The van der Waals surface area contributed by atoms with Crippen LogP contribution in [0.25, 0.3) is 0 Å². The zero-order chi connectivity index (χ0) is 9.68. The summed E-state index contributed by atoms with van der Waals surface area (Å²) in [5.41, 5.74) is 1.27. The van der Waals surface area contributed by atoms with E-state index in [4.69, 9.17) is 10.2 Å². The maximum Gasteiger partial charge on any atom is 0.0895 e. The van der Waals surface area contributed by atoms with Crippen LogP contribution in [0.15, 0.2) is 11.4 Å². The van der Waals surface area contributed by atoms with Crippen LogP contribution in [-0.2, 0) is 6.54 Å². The lowest BCUT2D eigenvalue weighted by molar-refractivity contribution is 0.0943. The summed E-state index contributed by atoms with van der Waals surface area (Å²) < 4.78 is 0. The van der Waals surface area contributed by atoms with Crippen LogP contribution in [0.5, 0.6) is 0 Å². The Morgan fingerprint density at radius 3 is 2.92 bits per heavy atom. The Morgan fingerprint density at radius 2 is 2.38 bits per heavy atom. The quantitative estimate of drug-likeness (QED) is 0.650. The Bertz CT molecular complexity index is 250. The highest BCUT2D eigenvalue weighted by Crippen LogP contribution is 2.14. The van der Waals surface area contributed by atoms with Crippen molar-refractivity contribution < 1.29 is 10.2 Å². The molecule has 13 heavy (non-hydrogen) atoms. The largest absolute Gasteiger partial charge is 0.394 e. The molecule has 0 spiro atoms. The van der Waals surface area contributed by atoms with Gasteiger partial charge in [0.2, 0.25) is 0 Å². The number of nitrogens with one attached hydrogen (secondary N) is 1. The van der Waals surface area contributed by atoms with Crippen molar-refractivity contribution in [2.45, 2.75) is 19.6 Å². The third-order valence-corrected chi connectivity index (χ3v) is 2.87. The predicted molar refractivity (Wildman–Crippen MR) is 53.9 cm³/mol. The molecule has 0 aromatic carbocycles. The average molecular weight is 201 g/mol. The third-order valence-electron chi connectivity index (χ3n) is 1.84. The molecule has 0 unspecified atom stereocenters. The van der Waals surface area contributed by atoms with Gasteiger partial charge in [0.05, 0.1) is 12.7 Å². The lowest BCUT2D eigenvalue weighted by Crippen LogP contribution is -2.28. The number of aliphatic hydroxyl groups is 2. The molecule has 3 N–H and O–H groups in total. The number of thiophene rings is 1. The number of aryl methyl sites for hydroxylation is 1. The van der Waals surface area contributed by atoms with Gasteiger partial charge in [-0.1, -0.05) is 0 Å². The molecule has 0 saturated carbocycles. The van der Waals surface area contributed by atoms with Crippen LogP contribution in [0, 0.1) is 6.92 Å². The van der Waals surface area contributed by atoms with Crippen LogP contribution in [0.1, 0.15) is 10.4 Å². The number of hydrogen-bond donors (Lipinski definition) is 3. The molecule has 74 valence electrons. The molecule has 0 aliphatic heterocycles. The summed E-state index contributed by atoms with van der Waals surface area (Å²) in [4.78, 5) is 1.28. The normalized spacial score (nSPS) is 13.2. The summed E-state index contributed by atoms with van der Waals surface area (Å²) in [5, 5.41) is 22.7.